The van der Waals surface area contributed by atoms with E-state index in [4.69, 9.17) is 12.2 Å². The molecule has 1 N–H and O–H groups in total. The van der Waals surface area contributed by atoms with Crippen LogP contribution in [0.2, 0.25) is 0 Å². The van der Waals surface area contributed by atoms with Gasteiger partial charge in [0.15, 0.2) is 4.77 Å². The third-order valence-electron chi connectivity index (χ3n) is 3.85. The summed E-state index contributed by atoms with van der Waals surface area (Å²) < 4.78 is 3.09. The molecule has 0 bridgehead atoms. The molecule has 18 heavy (non-hydrogen) atoms. The first-order valence-corrected chi connectivity index (χ1v) is 6.64. The lowest BCUT2D eigenvalue weighted by molar-refractivity contribution is 0.697. The largest absolute Gasteiger partial charge is 0.329 e. The Morgan fingerprint density at radius 2 is 2.17 bits per heavy atom. The Kier molecular flexibility index (Phi) is 1.95. The Balaban J connectivity index is 2.19. The Morgan fingerprint density at radius 1 is 1.39 bits per heavy atom. The molecule has 4 heteroatoms. The second kappa shape index (κ2) is 3.42. The molecule has 90 valence electrons. The van der Waals surface area contributed by atoms with Crippen molar-refractivity contribution in [3.63, 3.8) is 0 Å². The van der Waals surface area contributed by atoms with E-state index in [9.17, 15) is 0 Å². The van der Waals surface area contributed by atoms with E-state index in [1.165, 1.54) is 17.3 Å². The van der Waals surface area contributed by atoms with Gasteiger partial charge in [-0.25, -0.2) is 0 Å². The molecule has 1 fully saturated rings. The van der Waals surface area contributed by atoms with Crippen LogP contribution in [0.5, 0.6) is 0 Å². The molecular weight excluding hydrogens is 242 g/mol. The van der Waals surface area contributed by atoms with Gasteiger partial charge < -0.3 is 9.55 Å². The molecular formula is C14H13N3S. The van der Waals surface area contributed by atoms with Gasteiger partial charge in [0.2, 0.25) is 0 Å². The van der Waals surface area contributed by atoms with E-state index in [-0.39, 0.29) is 0 Å². The highest BCUT2D eigenvalue weighted by Gasteiger charge is 2.36. The first-order chi connectivity index (χ1) is 8.75. The van der Waals surface area contributed by atoms with Crippen LogP contribution in [0, 0.1) is 10.7 Å². The molecule has 2 unspecified atom stereocenters. The van der Waals surface area contributed by atoms with E-state index in [1.807, 2.05) is 18.3 Å². The zero-order valence-corrected chi connectivity index (χ0v) is 10.9. The number of fused-ring (bicyclic) bond motifs is 3. The van der Waals surface area contributed by atoms with Gasteiger partial charge in [-0.3, -0.25) is 4.98 Å². The molecule has 3 nitrogen and oxygen atoms in total. The molecule has 1 saturated carbocycles. The summed E-state index contributed by atoms with van der Waals surface area (Å²) in [5.74, 6) is 0.725. The molecule has 2 atom stereocenters. The van der Waals surface area contributed by atoms with Crippen molar-refractivity contribution in [2.75, 3.05) is 0 Å². The molecule has 1 aliphatic rings. The molecule has 1 aliphatic carbocycles. The van der Waals surface area contributed by atoms with Gasteiger partial charge in [0, 0.05) is 11.4 Å². The number of para-hydroxylation sites is 1. The van der Waals surface area contributed by atoms with Gasteiger partial charge in [-0.2, -0.15) is 0 Å². The predicted molar refractivity (Wildman–Crippen MR) is 75.2 cm³/mol. The van der Waals surface area contributed by atoms with E-state index in [2.05, 4.69) is 33.6 Å². The van der Waals surface area contributed by atoms with Crippen LogP contribution in [0.3, 0.4) is 0 Å². The number of nitrogens with one attached hydrogen (secondary N) is 1. The molecule has 4 rings (SSSR count). The number of H-pyrrole nitrogens is 1. The van der Waals surface area contributed by atoms with E-state index in [0.717, 1.165) is 21.7 Å². The Morgan fingerprint density at radius 3 is 2.94 bits per heavy atom. The lowest BCUT2D eigenvalue weighted by Crippen LogP contribution is -1.96. The van der Waals surface area contributed by atoms with E-state index in [0.29, 0.717) is 6.04 Å². The third kappa shape index (κ3) is 1.29. The number of imidazole rings is 1. The van der Waals surface area contributed by atoms with Gasteiger partial charge in [-0.05, 0) is 30.6 Å². The highest BCUT2D eigenvalue weighted by molar-refractivity contribution is 7.71. The molecule has 0 spiro atoms. The number of hydrogen-bond acceptors (Lipinski definition) is 2. The number of hydrogen-bond donors (Lipinski definition) is 1. The number of pyridine rings is 1. The molecule has 2 aromatic heterocycles. The van der Waals surface area contributed by atoms with Gasteiger partial charge in [0.05, 0.1) is 22.7 Å². The third-order valence-corrected chi connectivity index (χ3v) is 4.15. The van der Waals surface area contributed by atoms with Crippen LogP contribution in [0.15, 0.2) is 30.5 Å². The van der Waals surface area contributed by atoms with E-state index < -0.39 is 0 Å². The van der Waals surface area contributed by atoms with Crippen LogP contribution in [0.4, 0.5) is 0 Å². The summed E-state index contributed by atoms with van der Waals surface area (Å²) in [5, 5.41) is 1.18. The number of rotatable bonds is 1. The first-order valence-electron chi connectivity index (χ1n) is 6.23. The predicted octanol–water partition coefficient (Wildman–Crippen LogP) is 3.83. The van der Waals surface area contributed by atoms with Gasteiger partial charge in [0.25, 0.3) is 0 Å². The first kappa shape index (κ1) is 10.3. The van der Waals surface area contributed by atoms with Gasteiger partial charge >= 0.3 is 0 Å². The lowest BCUT2D eigenvalue weighted by Gasteiger charge is -2.05. The van der Waals surface area contributed by atoms with Crippen LogP contribution >= 0.6 is 12.2 Å². The van der Waals surface area contributed by atoms with Crippen molar-refractivity contribution in [3.8, 4) is 0 Å². The van der Waals surface area contributed by atoms with Crippen LogP contribution in [-0.2, 0) is 0 Å². The lowest BCUT2D eigenvalue weighted by atomic mass is 10.2. The van der Waals surface area contributed by atoms with Crippen LogP contribution in [-0.4, -0.2) is 14.5 Å². The van der Waals surface area contributed by atoms with Crippen LogP contribution in [0.1, 0.15) is 19.4 Å². The molecule has 0 amide bonds. The second-order valence-corrected chi connectivity index (χ2v) is 5.50. The van der Waals surface area contributed by atoms with Crippen molar-refractivity contribution < 1.29 is 0 Å². The van der Waals surface area contributed by atoms with Crippen molar-refractivity contribution in [1.82, 2.24) is 14.5 Å². The van der Waals surface area contributed by atoms with Crippen molar-refractivity contribution in [3.05, 3.63) is 35.2 Å². The fraction of sp³-hybridized carbons (Fsp3) is 0.286. The number of benzene rings is 1. The fourth-order valence-electron chi connectivity index (χ4n) is 2.73. The van der Waals surface area contributed by atoms with Crippen molar-refractivity contribution in [2.45, 2.75) is 19.4 Å². The molecule has 0 saturated heterocycles. The maximum absolute atomic E-state index is 5.46. The quantitative estimate of drug-likeness (QED) is 0.670. The minimum atomic E-state index is 0.553. The van der Waals surface area contributed by atoms with Gasteiger partial charge in [-0.1, -0.05) is 25.1 Å². The zero-order chi connectivity index (χ0) is 12.3. The van der Waals surface area contributed by atoms with Crippen molar-refractivity contribution in [1.29, 1.82) is 0 Å². The molecule has 3 aromatic rings. The van der Waals surface area contributed by atoms with Gasteiger partial charge in [0.1, 0.15) is 0 Å². The summed E-state index contributed by atoms with van der Waals surface area (Å²) in [6.07, 6.45) is 3.11. The Labute approximate surface area is 109 Å². The summed E-state index contributed by atoms with van der Waals surface area (Å²) >= 11 is 5.46. The van der Waals surface area contributed by atoms with Gasteiger partial charge in [-0.15, -0.1) is 0 Å². The highest BCUT2D eigenvalue weighted by atomic mass is 32.1. The number of aromatic nitrogens is 3. The summed E-state index contributed by atoms with van der Waals surface area (Å²) in [4.78, 5) is 7.75. The topological polar surface area (TPSA) is 33.6 Å². The molecule has 0 radical (unpaired) electrons. The monoisotopic (exact) mass is 255 g/mol. The smallest absolute Gasteiger partial charge is 0.178 e. The standard InChI is InChI=1S/C14H13N3S/c1-8-6-12(8)17-13-9-4-2-3-5-10(9)15-7-11(13)16-14(17)18/h2-5,7-8,12H,6H2,1H3,(H,16,18). The number of nitrogens with zero attached hydrogens (tertiary/aromatic N) is 2. The normalized spacial score (nSPS) is 22.7. The fourth-order valence-corrected chi connectivity index (χ4v) is 3.07. The summed E-state index contributed by atoms with van der Waals surface area (Å²) in [6.45, 7) is 2.27. The summed E-state index contributed by atoms with van der Waals surface area (Å²) in [7, 11) is 0. The maximum Gasteiger partial charge on any atom is 0.178 e. The van der Waals surface area contributed by atoms with Crippen LogP contribution in [0.25, 0.3) is 21.9 Å². The Bertz CT molecular complexity index is 815. The van der Waals surface area contributed by atoms with E-state index >= 15 is 0 Å². The van der Waals surface area contributed by atoms with Crippen molar-refractivity contribution in [2.24, 2.45) is 5.92 Å². The van der Waals surface area contributed by atoms with E-state index in [1.54, 1.807) is 0 Å². The Hall–Kier alpha value is -1.68. The summed E-state index contributed by atoms with van der Waals surface area (Å²) in [6, 6.07) is 8.80. The van der Waals surface area contributed by atoms with Crippen molar-refractivity contribution >= 4 is 34.2 Å². The molecule has 1 aromatic carbocycles. The summed E-state index contributed by atoms with van der Waals surface area (Å²) in [5.41, 5.74) is 3.28. The molecule has 2 heterocycles. The average molecular weight is 255 g/mol. The maximum atomic E-state index is 5.46. The number of aromatic amines is 1. The second-order valence-electron chi connectivity index (χ2n) is 5.12. The minimum absolute atomic E-state index is 0.553. The average Bonchev–Trinajstić information content (AvgIpc) is 2.98. The zero-order valence-electron chi connectivity index (χ0n) is 10.1. The van der Waals surface area contributed by atoms with Crippen LogP contribution < -0.4 is 0 Å². The SMILES string of the molecule is CC1CC1n1c(=S)[nH]c2cnc3ccccc3c21. The molecule has 0 aliphatic heterocycles. The highest BCUT2D eigenvalue weighted by Crippen LogP contribution is 2.45. The minimum Gasteiger partial charge on any atom is -0.329 e.